The summed E-state index contributed by atoms with van der Waals surface area (Å²) in [7, 11) is -0.953. The number of hydrogen-bond donors (Lipinski definition) is 2. The maximum Gasteiger partial charge on any atom is 0.0626 e. The predicted molar refractivity (Wildman–Crippen MR) is 86.6 cm³/mol. The third-order valence-corrected chi connectivity index (χ3v) is 4.48. The molecule has 3 nitrogen and oxygen atoms in total. The minimum absolute atomic E-state index is 0.0470. The van der Waals surface area contributed by atoms with Crippen LogP contribution in [0.5, 0.6) is 0 Å². The lowest BCUT2D eigenvalue weighted by atomic mass is 10.0. The molecular formula is C17H21NO2S. The van der Waals surface area contributed by atoms with Crippen LogP contribution >= 0.6 is 0 Å². The number of rotatable bonds is 6. The Morgan fingerprint density at radius 1 is 1.05 bits per heavy atom. The Kier molecular flexibility index (Phi) is 5.67. The van der Waals surface area contributed by atoms with E-state index in [1.54, 1.807) is 6.26 Å². The van der Waals surface area contributed by atoms with Crippen molar-refractivity contribution >= 4 is 10.8 Å². The van der Waals surface area contributed by atoms with Gasteiger partial charge in [0.25, 0.3) is 0 Å². The molecule has 2 aromatic rings. The van der Waals surface area contributed by atoms with E-state index in [9.17, 15) is 9.32 Å². The van der Waals surface area contributed by atoms with Gasteiger partial charge in [-0.1, -0.05) is 42.5 Å². The second kappa shape index (κ2) is 7.50. The summed E-state index contributed by atoms with van der Waals surface area (Å²) in [5, 5.41) is 13.0. The molecule has 2 aromatic carbocycles. The van der Waals surface area contributed by atoms with Crippen molar-refractivity contribution in [3.05, 3.63) is 65.7 Å². The zero-order valence-corrected chi connectivity index (χ0v) is 13.1. The molecule has 3 unspecified atom stereocenters. The van der Waals surface area contributed by atoms with E-state index in [0.717, 1.165) is 16.0 Å². The third kappa shape index (κ3) is 4.24. The van der Waals surface area contributed by atoms with Crippen LogP contribution in [0, 0.1) is 0 Å². The van der Waals surface area contributed by atoms with Gasteiger partial charge in [-0.2, -0.15) is 0 Å². The highest BCUT2D eigenvalue weighted by Crippen LogP contribution is 2.20. The van der Waals surface area contributed by atoms with Gasteiger partial charge in [0.05, 0.1) is 12.6 Å². The Balaban J connectivity index is 2.09. The van der Waals surface area contributed by atoms with Crippen LogP contribution in [-0.4, -0.2) is 22.2 Å². The van der Waals surface area contributed by atoms with Crippen molar-refractivity contribution < 1.29 is 9.32 Å². The molecule has 3 atom stereocenters. The third-order valence-electron chi connectivity index (χ3n) is 3.55. The SMILES string of the molecule is CC(NC(CO)c1ccccc1)c1ccc(S(C)=O)cc1. The predicted octanol–water partition coefficient (Wildman–Crippen LogP) is 2.81. The molecule has 21 heavy (non-hydrogen) atoms. The van der Waals surface area contributed by atoms with Crippen molar-refractivity contribution in [3.8, 4) is 0 Å². The highest BCUT2D eigenvalue weighted by atomic mass is 32.2. The number of aliphatic hydroxyl groups is 1. The summed E-state index contributed by atoms with van der Waals surface area (Å²) in [4.78, 5) is 0.827. The van der Waals surface area contributed by atoms with Gasteiger partial charge in [-0.15, -0.1) is 0 Å². The summed E-state index contributed by atoms with van der Waals surface area (Å²) in [6.07, 6.45) is 1.67. The van der Waals surface area contributed by atoms with Gasteiger partial charge < -0.3 is 10.4 Å². The maximum atomic E-state index is 11.4. The molecule has 0 aliphatic rings. The number of nitrogens with one attached hydrogen (secondary N) is 1. The van der Waals surface area contributed by atoms with Gasteiger partial charge in [-0.3, -0.25) is 4.21 Å². The first-order chi connectivity index (χ1) is 10.1. The van der Waals surface area contributed by atoms with Gasteiger partial charge in [0.15, 0.2) is 0 Å². The summed E-state index contributed by atoms with van der Waals surface area (Å²) in [5.41, 5.74) is 2.18. The lowest BCUT2D eigenvalue weighted by Gasteiger charge is -2.22. The smallest absolute Gasteiger partial charge is 0.0626 e. The van der Waals surface area contributed by atoms with E-state index < -0.39 is 10.8 Å². The topological polar surface area (TPSA) is 49.3 Å². The zero-order chi connectivity index (χ0) is 15.2. The average Bonchev–Trinajstić information content (AvgIpc) is 2.53. The summed E-state index contributed by atoms with van der Waals surface area (Å²) >= 11 is 0. The second-order valence-electron chi connectivity index (χ2n) is 5.06. The molecule has 0 spiro atoms. The first-order valence-electron chi connectivity index (χ1n) is 6.97. The summed E-state index contributed by atoms with van der Waals surface area (Å²) in [5.74, 6) is 0. The van der Waals surface area contributed by atoms with Gasteiger partial charge in [-0.05, 0) is 30.2 Å². The Morgan fingerprint density at radius 3 is 2.19 bits per heavy atom. The van der Waals surface area contributed by atoms with Gasteiger partial charge in [0.1, 0.15) is 0 Å². The minimum Gasteiger partial charge on any atom is -0.394 e. The minimum atomic E-state index is -0.953. The summed E-state index contributed by atoms with van der Waals surface area (Å²) in [6.45, 7) is 2.11. The van der Waals surface area contributed by atoms with E-state index in [0.29, 0.717) is 0 Å². The van der Waals surface area contributed by atoms with E-state index in [1.165, 1.54) is 0 Å². The van der Waals surface area contributed by atoms with Crippen LogP contribution < -0.4 is 5.32 Å². The maximum absolute atomic E-state index is 11.4. The molecule has 0 radical (unpaired) electrons. The van der Waals surface area contributed by atoms with Crippen LogP contribution in [0.3, 0.4) is 0 Å². The van der Waals surface area contributed by atoms with Crippen LogP contribution in [0.4, 0.5) is 0 Å². The molecule has 112 valence electrons. The number of hydrogen-bond acceptors (Lipinski definition) is 3. The highest BCUT2D eigenvalue weighted by Gasteiger charge is 2.14. The molecule has 2 N–H and O–H groups in total. The van der Waals surface area contributed by atoms with Crippen molar-refractivity contribution in [1.29, 1.82) is 0 Å². The fourth-order valence-corrected chi connectivity index (χ4v) is 2.81. The standard InChI is InChI=1S/C17H21NO2S/c1-13(14-8-10-16(11-9-14)21(2)20)18-17(12-19)15-6-4-3-5-7-15/h3-11,13,17-19H,12H2,1-2H3. The van der Waals surface area contributed by atoms with Gasteiger partial charge in [0, 0.05) is 28.0 Å². The quantitative estimate of drug-likeness (QED) is 0.863. The summed E-state index contributed by atoms with van der Waals surface area (Å²) in [6, 6.07) is 17.6. The lowest BCUT2D eigenvalue weighted by molar-refractivity contribution is 0.235. The Hall–Kier alpha value is -1.49. The molecule has 0 aliphatic carbocycles. The monoisotopic (exact) mass is 303 g/mol. The van der Waals surface area contributed by atoms with Crippen molar-refractivity contribution in [2.24, 2.45) is 0 Å². The van der Waals surface area contributed by atoms with Crippen molar-refractivity contribution in [3.63, 3.8) is 0 Å². The second-order valence-corrected chi connectivity index (χ2v) is 6.44. The summed E-state index contributed by atoms with van der Waals surface area (Å²) < 4.78 is 11.4. The largest absolute Gasteiger partial charge is 0.394 e. The molecule has 0 aromatic heterocycles. The van der Waals surface area contributed by atoms with Crippen molar-refractivity contribution in [1.82, 2.24) is 5.32 Å². The zero-order valence-electron chi connectivity index (χ0n) is 12.3. The highest BCUT2D eigenvalue weighted by molar-refractivity contribution is 7.84. The molecule has 0 heterocycles. The van der Waals surface area contributed by atoms with E-state index in [1.807, 2.05) is 54.6 Å². The molecule has 0 saturated carbocycles. The van der Waals surface area contributed by atoms with Crippen molar-refractivity contribution in [2.75, 3.05) is 12.9 Å². The van der Waals surface area contributed by atoms with Gasteiger partial charge in [0.2, 0.25) is 0 Å². The van der Waals surface area contributed by atoms with Crippen LogP contribution in [0.1, 0.15) is 30.1 Å². The molecule has 0 bridgehead atoms. The van der Waals surface area contributed by atoms with Crippen LogP contribution in [-0.2, 0) is 10.8 Å². The average molecular weight is 303 g/mol. The molecule has 0 saturated heterocycles. The first kappa shape index (κ1) is 15.9. The van der Waals surface area contributed by atoms with E-state index in [-0.39, 0.29) is 18.7 Å². The van der Waals surface area contributed by atoms with Crippen molar-refractivity contribution in [2.45, 2.75) is 23.9 Å². The molecule has 4 heteroatoms. The molecule has 0 fully saturated rings. The number of aliphatic hydroxyl groups excluding tert-OH is 1. The van der Waals surface area contributed by atoms with E-state index in [4.69, 9.17) is 0 Å². The molecule has 0 aliphatic heterocycles. The first-order valence-corrected chi connectivity index (χ1v) is 8.53. The Morgan fingerprint density at radius 2 is 1.67 bits per heavy atom. The Bertz CT molecular complexity index is 583. The van der Waals surface area contributed by atoms with Gasteiger partial charge in [-0.25, -0.2) is 0 Å². The fraction of sp³-hybridized carbons (Fsp3) is 0.294. The normalized spacial score (nSPS) is 15.4. The molecule has 2 rings (SSSR count). The van der Waals surface area contributed by atoms with E-state index in [2.05, 4.69) is 12.2 Å². The van der Waals surface area contributed by atoms with Gasteiger partial charge >= 0.3 is 0 Å². The molecule has 0 amide bonds. The molecular weight excluding hydrogens is 282 g/mol. The lowest BCUT2D eigenvalue weighted by Crippen LogP contribution is -2.27. The Labute approximate surface area is 128 Å². The van der Waals surface area contributed by atoms with E-state index >= 15 is 0 Å². The van der Waals surface area contributed by atoms with Crippen LogP contribution in [0.15, 0.2) is 59.5 Å². The van der Waals surface area contributed by atoms with Crippen LogP contribution in [0.2, 0.25) is 0 Å². The van der Waals surface area contributed by atoms with Crippen LogP contribution in [0.25, 0.3) is 0 Å². The fourth-order valence-electron chi connectivity index (χ4n) is 2.29. The number of benzene rings is 2.